The molecule has 0 radical (unpaired) electrons. The summed E-state index contributed by atoms with van der Waals surface area (Å²) in [5, 5.41) is 13.1. The zero-order valence-corrected chi connectivity index (χ0v) is 8.23. The van der Waals surface area contributed by atoms with E-state index in [-0.39, 0.29) is 5.69 Å². The van der Waals surface area contributed by atoms with Gasteiger partial charge in [0.05, 0.1) is 12.2 Å². The molecule has 4 nitrogen and oxygen atoms in total. The second-order valence-electron chi connectivity index (χ2n) is 3.05. The second-order valence-corrected chi connectivity index (χ2v) is 3.05. The van der Waals surface area contributed by atoms with Gasteiger partial charge in [-0.3, -0.25) is 4.68 Å². The zero-order valence-electron chi connectivity index (χ0n) is 8.23. The predicted octanol–water partition coefficient (Wildman–Crippen LogP) is 1.72. The number of hydrogen-bond donors (Lipinski definition) is 1. The molecule has 0 fully saturated rings. The number of nitrogens with zero attached hydrogens (tertiary/aromatic N) is 2. The van der Waals surface area contributed by atoms with Crippen molar-refractivity contribution in [2.24, 2.45) is 0 Å². The number of carboxylic acids is 1. The van der Waals surface area contributed by atoms with Crippen molar-refractivity contribution in [3.05, 3.63) is 30.1 Å². The van der Waals surface area contributed by atoms with Crippen LogP contribution in [-0.2, 0) is 13.0 Å². The summed E-state index contributed by atoms with van der Waals surface area (Å²) in [6.45, 7) is 6.03. The summed E-state index contributed by atoms with van der Waals surface area (Å²) in [7, 11) is 0. The number of carbonyl (C=O) groups is 1. The normalized spacial score (nSPS) is 10.1. The van der Waals surface area contributed by atoms with E-state index in [1.165, 1.54) is 4.68 Å². The van der Waals surface area contributed by atoms with Crippen LogP contribution in [0.3, 0.4) is 0 Å². The van der Waals surface area contributed by atoms with E-state index in [0.29, 0.717) is 6.54 Å². The van der Waals surface area contributed by atoms with Crippen molar-refractivity contribution in [2.45, 2.75) is 26.3 Å². The lowest BCUT2D eigenvalue weighted by Crippen LogP contribution is -2.08. The van der Waals surface area contributed by atoms with Crippen LogP contribution in [0.2, 0.25) is 0 Å². The van der Waals surface area contributed by atoms with Crippen molar-refractivity contribution >= 4 is 5.97 Å². The molecular formula is C10H14N2O2. The van der Waals surface area contributed by atoms with E-state index in [9.17, 15) is 4.79 Å². The Hall–Kier alpha value is -1.58. The summed E-state index contributed by atoms with van der Waals surface area (Å²) in [4.78, 5) is 10.8. The van der Waals surface area contributed by atoms with Crippen LogP contribution in [0, 0.1) is 0 Å². The van der Waals surface area contributed by atoms with Crippen molar-refractivity contribution in [1.82, 2.24) is 9.78 Å². The van der Waals surface area contributed by atoms with Gasteiger partial charge in [0.2, 0.25) is 0 Å². The van der Waals surface area contributed by atoms with Gasteiger partial charge < -0.3 is 5.11 Å². The van der Waals surface area contributed by atoms with Crippen molar-refractivity contribution in [2.75, 3.05) is 0 Å². The van der Waals surface area contributed by atoms with Gasteiger partial charge >= 0.3 is 5.97 Å². The molecule has 0 unspecified atom stereocenters. The molecule has 14 heavy (non-hydrogen) atoms. The molecule has 1 heterocycles. The molecule has 0 spiro atoms. The van der Waals surface area contributed by atoms with Crippen molar-refractivity contribution in [3.63, 3.8) is 0 Å². The molecule has 0 aliphatic rings. The molecule has 4 heteroatoms. The van der Waals surface area contributed by atoms with Gasteiger partial charge in [-0.15, -0.1) is 6.58 Å². The number of allylic oxidation sites excluding steroid dienone is 1. The Labute approximate surface area is 82.9 Å². The van der Waals surface area contributed by atoms with Crippen LogP contribution in [0.25, 0.3) is 0 Å². The molecule has 1 aromatic heterocycles. The van der Waals surface area contributed by atoms with Crippen LogP contribution in [0.5, 0.6) is 0 Å². The number of carboxylic acid groups (broad SMARTS) is 1. The topological polar surface area (TPSA) is 55.1 Å². The highest BCUT2D eigenvalue weighted by Crippen LogP contribution is 2.07. The lowest BCUT2D eigenvalue weighted by atomic mass is 10.2. The van der Waals surface area contributed by atoms with E-state index in [1.54, 1.807) is 12.1 Å². The van der Waals surface area contributed by atoms with Gasteiger partial charge in [-0.25, -0.2) is 4.79 Å². The van der Waals surface area contributed by atoms with Gasteiger partial charge in [0.1, 0.15) is 5.69 Å². The monoisotopic (exact) mass is 194 g/mol. The van der Waals surface area contributed by atoms with E-state index in [2.05, 4.69) is 11.7 Å². The first-order valence-electron chi connectivity index (χ1n) is 4.60. The molecule has 1 aromatic rings. The smallest absolute Gasteiger partial charge is 0.354 e. The summed E-state index contributed by atoms with van der Waals surface area (Å²) in [6.07, 6.45) is 3.41. The SMILES string of the molecule is C=CCn1nc(CCC)cc1C(=O)O. The number of hydrogen-bond acceptors (Lipinski definition) is 2. The Bertz CT molecular complexity index is 342. The van der Waals surface area contributed by atoms with Crippen LogP contribution in [0.1, 0.15) is 29.5 Å². The molecule has 1 N–H and O–H groups in total. The lowest BCUT2D eigenvalue weighted by Gasteiger charge is -1.98. The van der Waals surface area contributed by atoms with E-state index >= 15 is 0 Å². The fourth-order valence-electron chi connectivity index (χ4n) is 1.28. The third-order valence-corrected chi connectivity index (χ3v) is 1.86. The molecule has 76 valence electrons. The maximum Gasteiger partial charge on any atom is 0.354 e. The molecule has 0 atom stereocenters. The average molecular weight is 194 g/mol. The molecule has 0 amide bonds. The number of aromatic carboxylic acids is 1. The van der Waals surface area contributed by atoms with Crippen LogP contribution in [-0.4, -0.2) is 20.9 Å². The maximum absolute atomic E-state index is 10.8. The highest BCUT2D eigenvalue weighted by atomic mass is 16.4. The second kappa shape index (κ2) is 4.60. The van der Waals surface area contributed by atoms with Crippen LogP contribution < -0.4 is 0 Å². The molecule has 1 rings (SSSR count). The first-order valence-corrected chi connectivity index (χ1v) is 4.60. The van der Waals surface area contributed by atoms with Gasteiger partial charge in [0, 0.05) is 0 Å². The minimum Gasteiger partial charge on any atom is -0.477 e. The van der Waals surface area contributed by atoms with Crippen molar-refractivity contribution < 1.29 is 9.90 Å². The largest absolute Gasteiger partial charge is 0.477 e. The molecule has 0 aliphatic heterocycles. The van der Waals surface area contributed by atoms with E-state index in [4.69, 9.17) is 5.11 Å². The Morgan fingerprint density at radius 3 is 3.00 bits per heavy atom. The fourth-order valence-corrected chi connectivity index (χ4v) is 1.28. The highest BCUT2D eigenvalue weighted by Gasteiger charge is 2.12. The Balaban J connectivity index is 2.98. The highest BCUT2D eigenvalue weighted by molar-refractivity contribution is 5.85. The average Bonchev–Trinajstić information content (AvgIpc) is 2.49. The standard InChI is InChI=1S/C10H14N2O2/c1-3-5-8-7-9(10(13)14)12(11-8)6-4-2/h4,7H,2-3,5-6H2,1H3,(H,13,14). The minimum atomic E-state index is -0.943. The zero-order chi connectivity index (χ0) is 10.6. The minimum absolute atomic E-state index is 0.230. The fraction of sp³-hybridized carbons (Fsp3) is 0.400. The van der Waals surface area contributed by atoms with Gasteiger partial charge in [0.25, 0.3) is 0 Å². The van der Waals surface area contributed by atoms with E-state index in [0.717, 1.165) is 18.5 Å². The maximum atomic E-state index is 10.8. The summed E-state index contributed by atoms with van der Waals surface area (Å²) in [6, 6.07) is 1.62. The summed E-state index contributed by atoms with van der Waals surface area (Å²) < 4.78 is 1.46. The molecule has 0 saturated heterocycles. The third kappa shape index (κ3) is 2.22. The molecule has 0 bridgehead atoms. The first-order chi connectivity index (χ1) is 6.69. The van der Waals surface area contributed by atoms with Crippen LogP contribution >= 0.6 is 0 Å². The summed E-state index contributed by atoms with van der Waals surface area (Å²) in [5.41, 5.74) is 1.06. The van der Waals surface area contributed by atoms with Gasteiger partial charge in [0.15, 0.2) is 0 Å². The lowest BCUT2D eigenvalue weighted by molar-refractivity contribution is 0.0684. The predicted molar refractivity (Wildman–Crippen MR) is 53.4 cm³/mol. The van der Waals surface area contributed by atoms with Gasteiger partial charge in [-0.1, -0.05) is 19.4 Å². The number of aromatic nitrogens is 2. The van der Waals surface area contributed by atoms with Crippen molar-refractivity contribution in [3.8, 4) is 0 Å². The molecule has 0 aliphatic carbocycles. The van der Waals surface area contributed by atoms with Crippen LogP contribution in [0.4, 0.5) is 0 Å². The van der Waals surface area contributed by atoms with Crippen LogP contribution in [0.15, 0.2) is 18.7 Å². The quantitative estimate of drug-likeness (QED) is 0.726. The summed E-state index contributed by atoms with van der Waals surface area (Å²) >= 11 is 0. The Morgan fingerprint density at radius 2 is 2.50 bits per heavy atom. The first kappa shape index (κ1) is 10.5. The van der Waals surface area contributed by atoms with Gasteiger partial charge in [-0.2, -0.15) is 5.10 Å². The van der Waals surface area contributed by atoms with Gasteiger partial charge in [-0.05, 0) is 12.5 Å². The molecule has 0 aromatic carbocycles. The number of aryl methyl sites for hydroxylation is 1. The Morgan fingerprint density at radius 1 is 1.79 bits per heavy atom. The summed E-state index contributed by atoms with van der Waals surface area (Å²) in [5.74, 6) is -0.943. The van der Waals surface area contributed by atoms with E-state index < -0.39 is 5.97 Å². The molecular weight excluding hydrogens is 180 g/mol. The Kier molecular flexibility index (Phi) is 3.45. The third-order valence-electron chi connectivity index (χ3n) is 1.86. The number of rotatable bonds is 5. The van der Waals surface area contributed by atoms with E-state index in [1.807, 2.05) is 6.92 Å². The van der Waals surface area contributed by atoms with Crippen molar-refractivity contribution in [1.29, 1.82) is 0 Å². The molecule has 0 saturated carbocycles.